The molecule has 1 fully saturated rings. The lowest BCUT2D eigenvalue weighted by Crippen LogP contribution is -2.41. The lowest BCUT2D eigenvalue weighted by atomic mass is 9.88. The molecule has 1 amide bonds. The van der Waals surface area contributed by atoms with Crippen LogP contribution in [0.4, 0.5) is 13.2 Å². The third-order valence-electron chi connectivity index (χ3n) is 5.09. The summed E-state index contributed by atoms with van der Waals surface area (Å²) in [6.45, 7) is 0.613. The fraction of sp³-hybridized carbons (Fsp3) is 0.333. The van der Waals surface area contributed by atoms with Gasteiger partial charge < -0.3 is 10.6 Å². The van der Waals surface area contributed by atoms with Gasteiger partial charge in [0.05, 0.1) is 5.56 Å². The van der Waals surface area contributed by atoms with Gasteiger partial charge in [0.1, 0.15) is 17.5 Å². The molecule has 4 nitrogen and oxygen atoms in total. The van der Waals surface area contributed by atoms with Gasteiger partial charge in [-0.05, 0) is 18.4 Å². The second kappa shape index (κ2) is 9.89. The van der Waals surface area contributed by atoms with Crippen molar-refractivity contribution >= 4 is 24.1 Å². The first kappa shape index (κ1) is 22.9. The topological polar surface area (TPSA) is 63.4 Å². The highest BCUT2D eigenvalue weighted by molar-refractivity contribution is 5.98. The molecule has 0 saturated carbocycles. The summed E-state index contributed by atoms with van der Waals surface area (Å²) in [6.07, 6.45) is 0.729. The molecule has 2 N–H and O–H groups in total. The molecule has 0 aliphatic carbocycles. The van der Waals surface area contributed by atoms with E-state index in [1.165, 1.54) is 0 Å². The van der Waals surface area contributed by atoms with Crippen LogP contribution in [-0.4, -0.2) is 29.7 Å². The number of Topliss-reactive ketones (excluding diaryl/α,β-unsaturated/α-hetero) is 1. The normalized spacial score (nSPS) is 15.5. The molecule has 1 aliphatic rings. The zero-order valence-electron chi connectivity index (χ0n) is 15.6. The lowest BCUT2D eigenvalue weighted by Gasteiger charge is -2.32. The second-order valence-corrected chi connectivity index (χ2v) is 6.99. The van der Waals surface area contributed by atoms with Gasteiger partial charge in [-0.15, -0.1) is 12.4 Å². The third kappa shape index (κ3) is 5.36. The first-order valence-electron chi connectivity index (χ1n) is 9.14. The van der Waals surface area contributed by atoms with Crippen molar-refractivity contribution in [1.82, 2.24) is 4.90 Å². The predicted molar refractivity (Wildman–Crippen MR) is 105 cm³/mol. The Hall–Kier alpha value is -2.38. The van der Waals surface area contributed by atoms with E-state index in [9.17, 15) is 22.8 Å². The van der Waals surface area contributed by atoms with Crippen LogP contribution in [0.15, 0.2) is 42.5 Å². The number of nitrogens with zero attached hydrogens (tertiary/aromatic N) is 1. The molecule has 1 atom stereocenters. The van der Waals surface area contributed by atoms with Gasteiger partial charge in [0.15, 0.2) is 5.78 Å². The summed E-state index contributed by atoms with van der Waals surface area (Å²) in [7, 11) is 0. The highest BCUT2D eigenvalue weighted by Crippen LogP contribution is 2.26. The van der Waals surface area contributed by atoms with Crippen molar-refractivity contribution in [3.63, 3.8) is 0 Å². The van der Waals surface area contributed by atoms with E-state index in [2.05, 4.69) is 0 Å². The molecule has 2 aromatic rings. The van der Waals surface area contributed by atoms with Crippen molar-refractivity contribution < 1.29 is 22.8 Å². The van der Waals surface area contributed by atoms with E-state index >= 15 is 0 Å². The van der Waals surface area contributed by atoms with Crippen LogP contribution in [-0.2, 0) is 4.79 Å². The average Bonchev–Trinajstić information content (AvgIpc) is 2.67. The van der Waals surface area contributed by atoms with Gasteiger partial charge >= 0.3 is 0 Å². The molecular weight excluding hydrogens is 405 g/mol. The Balaban J connectivity index is 0.00000300. The molecule has 0 bridgehead atoms. The van der Waals surface area contributed by atoms with Gasteiger partial charge in [0.25, 0.3) is 0 Å². The van der Waals surface area contributed by atoms with Crippen LogP contribution < -0.4 is 5.73 Å². The van der Waals surface area contributed by atoms with E-state index in [1.54, 1.807) is 4.90 Å². The summed E-state index contributed by atoms with van der Waals surface area (Å²) in [5, 5.41) is 0. The Kier molecular flexibility index (Phi) is 7.81. The second-order valence-electron chi connectivity index (χ2n) is 6.99. The van der Waals surface area contributed by atoms with Gasteiger partial charge in [0, 0.05) is 43.6 Å². The number of amides is 1. The molecular formula is C21H22ClF3N2O2. The molecule has 0 radical (unpaired) electrons. The van der Waals surface area contributed by atoms with Crippen molar-refractivity contribution in [2.75, 3.05) is 13.1 Å². The first-order valence-corrected chi connectivity index (χ1v) is 9.14. The van der Waals surface area contributed by atoms with Crippen molar-refractivity contribution in [1.29, 1.82) is 0 Å². The van der Waals surface area contributed by atoms with Crippen LogP contribution in [0.2, 0.25) is 0 Å². The smallest absolute Gasteiger partial charge is 0.224 e. The fourth-order valence-electron chi connectivity index (χ4n) is 3.51. The fourth-order valence-corrected chi connectivity index (χ4v) is 3.51. The number of nitrogens with two attached hydrogens (primary N) is 1. The summed E-state index contributed by atoms with van der Waals surface area (Å²) >= 11 is 0. The zero-order valence-corrected chi connectivity index (χ0v) is 16.4. The number of hydrogen-bond acceptors (Lipinski definition) is 3. The summed E-state index contributed by atoms with van der Waals surface area (Å²) in [5.41, 5.74) is 6.24. The number of piperidine rings is 1. The molecule has 1 heterocycles. The minimum Gasteiger partial charge on any atom is -0.343 e. The van der Waals surface area contributed by atoms with Crippen LogP contribution >= 0.6 is 12.4 Å². The number of halogens is 4. The maximum Gasteiger partial charge on any atom is 0.224 e. The summed E-state index contributed by atoms with van der Waals surface area (Å²) < 4.78 is 40.7. The summed E-state index contributed by atoms with van der Waals surface area (Å²) in [6, 6.07) is 9.86. The van der Waals surface area contributed by atoms with Crippen LogP contribution in [0.1, 0.15) is 41.2 Å². The maximum atomic E-state index is 13.8. The number of rotatable bonds is 5. The molecule has 0 spiro atoms. The largest absolute Gasteiger partial charge is 0.343 e. The van der Waals surface area contributed by atoms with E-state index in [1.807, 2.05) is 30.3 Å². The summed E-state index contributed by atoms with van der Waals surface area (Å²) in [5.74, 6) is -4.89. The van der Waals surface area contributed by atoms with Crippen LogP contribution in [0.3, 0.4) is 0 Å². The molecule has 1 saturated heterocycles. The molecule has 0 aromatic heterocycles. The number of benzene rings is 2. The monoisotopic (exact) mass is 426 g/mol. The first-order chi connectivity index (χ1) is 13.4. The molecule has 8 heteroatoms. The van der Waals surface area contributed by atoms with Gasteiger partial charge in [-0.2, -0.15) is 0 Å². The Morgan fingerprint density at radius 3 is 2.14 bits per heavy atom. The van der Waals surface area contributed by atoms with Crippen molar-refractivity contribution in [2.45, 2.75) is 25.3 Å². The Morgan fingerprint density at radius 2 is 1.59 bits per heavy atom. The van der Waals surface area contributed by atoms with Crippen LogP contribution in [0, 0.1) is 23.4 Å². The van der Waals surface area contributed by atoms with Crippen molar-refractivity contribution in [3.05, 3.63) is 71.0 Å². The quantitative estimate of drug-likeness (QED) is 0.734. The molecule has 2 aromatic carbocycles. The van der Waals surface area contributed by atoms with E-state index in [0.717, 1.165) is 5.56 Å². The highest BCUT2D eigenvalue weighted by atomic mass is 35.5. The average molecular weight is 427 g/mol. The Labute approximate surface area is 173 Å². The number of hydrogen-bond donors (Lipinski definition) is 1. The van der Waals surface area contributed by atoms with Gasteiger partial charge in [-0.1, -0.05) is 30.3 Å². The van der Waals surface area contributed by atoms with E-state index < -0.39 is 40.8 Å². The number of carbonyl (C=O) groups excluding carboxylic acids is 2. The van der Waals surface area contributed by atoms with Gasteiger partial charge in [0.2, 0.25) is 5.91 Å². The number of likely N-dealkylation sites (tertiary alicyclic amines) is 1. The Bertz CT molecular complexity index is 848. The molecule has 3 rings (SSSR count). The van der Waals surface area contributed by atoms with E-state index in [4.69, 9.17) is 5.73 Å². The van der Waals surface area contributed by atoms with Gasteiger partial charge in [-0.3, -0.25) is 9.59 Å². The van der Waals surface area contributed by atoms with E-state index in [-0.39, 0.29) is 24.7 Å². The van der Waals surface area contributed by atoms with Crippen LogP contribution in [0.25, 0.3) is 0 Å². The standard InChI is InChI=1S/C21H21F3N2O2.ClH/c22-15-10-16(23)20(17(24)11-15)21(28)14-6-8-26(9-7-14)19(27)12-18(25)13-4-2-1-3-5-13;/h1-5,10-11,14,18H,6-9,12,25H2;1H. The minimum absolute atomic E-state index is 0. The number of ketones is 1. The molecule has 156 valence electrons. The highest BCUT2D eigenvalue weighted by Gasteiger charge is 2.31. The number of carbonyl (C=O) groups is 2. The molecule has 1 aliphatic heterocycles. The minimum atomic E-state index is -1.20. The SMILES string of the molecule is Cl.NC(CC(=O)N1CCC(C(=O)c2c(F)cc(F)cc2F)CC1)c1ccccc1. The zero-order chi connectivity index (χ0) is 20.3. The van der Waals surface area contributed by atoms with Crippen molar-refractivity contribution in [3.8, 4) is 0 Å². The lowest BCUT2D eigenvalue weighted by molar-refractivity contribution is -0.132. The summed E-state index contributed by atoms with van der Waals surface area (Å²) in [4.78, 5) is 26.6. The Morgan fingerprint density at radius 1 is 1.03 bits per heavy atom. The van der Waals surface area contributed by atoms with Gasteiger partial charge in [-0.25, -0.2) is 13.2 Å². The predicted octanol–water partition coefficient (Wildman–Crippen LogP) is 4.04. The maximum absolute atomic E-state index is 13.8. The third-order valence-corrected chi connectivity index (χ3v) is 5.09. The molecule has 1 unspecified atom stereocenters. The van der Waals surface area contributed by atoms with Crippen LogP contribution in [0.5, 0.6) is 0 Å². The molecule has 29 heavy (non-hydrogen) atoms. The van der Waals surface area contributed by atoms with E-state index in [0.29, 0.717) is 38.1 Å². The van der Waals surface area contributed by atoms with Crippen molar-refractivity contribution in [2.24, 2.45) is 11.7 Å².